The number of hydrogen-bond acceptors (Lipinski definition) is 5. The third kappa shape index (κ3) is 4.33. The van der Waals surface area contributed by atoms with Crippen molar-refractivity contribution in [2.24, 2.45) is 5.92 Å². The van der Waals surface area contributed by atoms with Crippen LogP contribution in [0.3, 0.4) is 0 Å². The van der Waals surface area contributed by atoms with Crippen molar-refractivity contribution in [2.45, 2.75) is 32.2 Å². The lowest BCUT2D eigenvalue weighted by molar-refractivity contribution is 0.156. The molecule has 4 heterocycles. The molecule has 0 radical (unpaired) electrons. The number of fused-ring (bicyclic) bond motifs is 4. The molecule has 2 aliphatic carbocycles. The fourth-order valence-electron chi connectivity index (χ4n) is 5.58. The van der Waals surface area contributed by atoms with E-state index in [-0.39, 0.29) is 0 Å². The molecule has 4 aliphatic rings. The molecule has 1 saturated carbocycles. The Morgan fingerprint density at radius 3 is 3.09 bits per heavy atom. The van der Waals surface area contributed by atoms with Crippen LogP contribution in [0.5, 0.6) is 0 Å². The lowest BCUT2D eigenvalue weighted by atomic mass is 10.0. The van der Waals surface area contributed by atoms with Gasteiger partial charge in [-0.1, -0.05) is 36.1 Å². The summed E-state index contributed by atoms with van der Waals surface area (Å²) in [6.07, 6.45) is 7.20. The summed E-state index contributed by atoms with van der Waals surface area (Å²) in [5.41, 5.74) is 10.4. The van der Waals surface area contributed by atoms with Gasteiger partial charge in [-0.3, -0.25) is 10.00 Å². The van der Waals surface area contributed by atoms with Gasteiger partial charge in [-0.15, -0.1) is 11.3 Å². The number of benzene rings is 1. The van der Waals surface area contributed by atoms with E-state index in [1.54, 1.807) is 11.3 Å². The van der Waals surface area contributed by atoms with Crippen molar-refractivity contribution in [3.63, 3.8) is 0 Å². The minimum absolute atomic E-state index is 0.520. The first-order valence-electron chi connectivity index (χ1n) is 12.8. The SMILES string of the molecule is C(#Cc1cc(-c2n[nH]c3c2Cc2cc(CN4CCN5CCC=C5C4)ccc2-3)cs1)COCC1CC1. The number of ether oxygens (including phenoxy) is 1. The van der Waals surface area contributed by atoms with Crippen LogP contribution in [-0.4, -0.2) is 59.4 Å². The van der Waals surface area contributed by atoms with Gasteiger partial charge in [0, 0.05) is 66.9 Å². The second kappa shape index (κ2) is 8.98. The smallest absolute Gasteiger partial charge is 0.108 e. The molecule has 6 heteroatoms. The zero-order chi connectivity index (χ0) is 23.2. The van der Waals surface area contributed by atoms with E-state index in [0.29, 0.717) is 6.61 Å². The quantitative estimate of drug-likeness (QED) is 0.314. The van der Waals surface area contributed by atoms with Crippen molar-refractivity contribution in [1.29, 1.82) is 0 Å². The van der Waals surface area contributed by atoms with E-state index >= 15 is 0 Å². The lowest BCUT2D eigenvalue weighted by Crippen LogP contribution is -2.42. The Balaban J connectivity index is 1.03. The Bertz CT molecular complexity index is 1350. The van der Waals surface area contributed by atoms with Crippen LogP contribution >= 0.6 is 11.3 Å². The minimum atomic E-state index is 0.520. The van der Waals surface area contributed by atoms with Gasteiger partial charge in [0.25, 0.3) is 0 Å². The molecule has 0 spiro atoms. The summed E-state index contributed by atoms with van der Waals surface area (Å²) in [5.74, 6) is 7.21. The molecule has 178 valence electrons. The largest absolute Gasteiger partial charge is 0.372 e. The summed E-state index contributed by atoms with van der Waals surface area (Å²) < 4.78 is 5.64. The van der Waals surface area contributed by atoms with E-state index < -0.39 is 0 Å². The molecule has 0 atom stereocenters. The number of thiophene rings is 1. The molecule has 7 rings (SSSR count). The van der Waals surface area contributed by atoms with Crippen LogP contribution in [0.4, 0.5) is 0 Å². The summed E-state index contributed by atoms with van der Waals surface area (Å²) >= 11 is 1.69. The van der Waals surface area contributed by atoms with Crippen LogP contribution in [-0.2, 0) is 17.7 Å². The Labute approximate surface area is 210 Å². The Morgan fingerprint density at radius 1 is 1.17 bits per heavy atom. The average molecular weight is 483 g/mol. The van der Waals surface area contributed by atoms with Crippen LogP contribution in [0, 0.1) is 17.8 Å². The maximum absolute atomic E-state index is 5.64. The first kappa shape index (κ1) is 21.4. The number of aromatic nitrogens is 2. The number of piperazine rings is 1. The molecule has 5 nitrogen and oxygen atoms in total. The Kier molecular flexibility index (Phi) is 5.50. The maximum Gasteiger partial charge on any atom is 0.108 e. The van der Waals surface area contributed by atoms with Crippen LogP contribution in [0.1, 0.15) is 40.8 Å². The van der Waals surface area contributed by atoms with E-state index in [4.69, 9.17) is 9.84 Å². The van der Waals surface area contributed by atoms with Gasteiger partial charge in [-0.2, -0.15) is 5.10 Å². The predicted octanol–water partition coefficient (Wildman–Crippen LogP) is 4.89. The van der Waals surface area contributed by atoms with Crippen molar-refractivity contribution < 1.29 is 4.74 Å². The molecule has 0 bridgehead atoms. The van der Waals surface area contributed by atoms with Crippen molar-refractivity contribution in [3.05, 3.63) is 63.0 Å². The molecule has 0 unspecified atom stereocenters. The highest BCUT2D eigenvalue weighted by atomic mass is 32.1. The highest BCUT2D eigenvalue weighted by Crippen LogP contribution is 2.41. The average Bonchev–Trinajstić information content (AvgIpc) is 3.23. The molecule has 2 aliphatic heterocycles. The summed E-state index contributed by atoms with van der Waals surface area (Å²) in [6.45, 7) is 7.01. The van der Waals surface area contributed by atoms with Crippen LogP contribution < -0.4 is 0 Å². The molecule has 0 amide bonds. The zero-order valence-electron chi connectivity index (χ0n) is 20.0. The van der Waals surface area contributed by atoms with Gasteiger partial charge in [-0.05, 0) is 42.4 Å². The fourth-order valence-corrected chi connectivity index (χ4v) is 6.34. The first-order valence-corrected chi connectivity index (χ1v) is 13.7. The van der Waals surface area contributed by atoms with Gasteiger partial charge in [0.2, 0.25) is 0 Å². The lowest BCUT2D eigenvalue weighted by Gasteiger charge is -2.35. The van der Waals surface area contributed by atoms with E-state index in [1.165, 1.54) is 59.5 Å². The van der Waals surface area contributed by atoms with Gasteiger partial charge in [0.15, 0.2) is 0 Å². The van der Waals surface area contributed by atoms with E-state index in [0.717, 1.165) is 61.3 Å². The number of nitrogens with zero attached hydrogens (tertiary/aromatic N) is 3. The third-order valence-electron chi connectivity index (χ3n) is 7.65. The molecule has 1 N–H and O–H groups in total. The summed E-state index contributed by atoms with van der Waals surface area (Å²) in [4.78, 5) is 6.20. The second-order valence-corrected chi connectivity index (χ2v) is 11.1. The molecule has 1 aromatic carbocycles. The maximum atomic E-state index is 5.64. The fraction of sp³-hybridized carbons (Fsp3) is 0.414. The zero-order valence-corrected chi connectivity index (χ0v) is 20.8. The van der Waals surface area contributed by atoms with Crippen molar-refractivity contribution in [3.8, 4) is 34.4 Å². The van der Waals surface area contributed by atoms with Gasteiger partial charge in [0.1, 0.15) is 6.61 Å². The van der Waals surface area contributed by atoms with Crippen LogP contribution in [0.2, 0.25) is 0 Å². The number of H-pyrrole nitrogens is 1. The van der Waals surface area contributed by atoms with Crippen molar-refractivity contribution in [1.82, 2.24) is 20.0 Å². The topological polar surface area (TPSA) is 44.4 Å². The molecule has 2 fully saturated rings. The minimum Gasteiger partial charge on any atom is -0.372 e. The Hall–Kier alpha value is -2.85. The van der Waals surface area contributed by atoms with Crippen LogP contribution in [0.25, 0.3) is 22.5 Å². The summed E-state index contributed by atoms with van der Waals surface area (Å²) in [5, 5.41) is 10.2. The van der Waals surface area contributed by atoms with E-state index in [9.17, 15) is 0 Å². The van der Waals surface area contributed by atoms with E-state index in [1.807, 2.05) is 0 Å². The molecular weight excluding hydrogens is 452 g/mol. The van der Waals surface area contributed by atoms with Crippen molar-refractivity contribution in [2.75, 3.05) is 39.4 Å². The number of hydrogen-bond donors (Lipinski definition) is 1. The highest BCUT2D eigenvalue weighted by molar-refractivity contribution is 7.11. The molecular formula is C29H30N4OS. The molecule has 3 aromatic rings. The predicted molar refractivity (Wildman–Crippen MR) is 140 cm³/mol. The van der Waals surface area contributed by atoms with Gasteiger partial charge in [-0.25, -0.2) is 0 Å². The highest BCUT2D eigenvalue weighted by Gasteiger charge is 2.27. The van der Waals surface area contributed by atoms with Crippen molar-refractivity contribution >= 4 is 11.3 Å². The molecule has 1 saturated heterocycles. The third-order valence-corrected chi connectivity index (χ3v) is 8.49. The number of aromatic amines is 1. The summed E-state index contributed by atoms with van der Waals surface area (Å²) in [7, 11) is 0. The number of nitrogens with one attached hydrogen (secondary N) is 1. The van der Waals surface area contributed by atoms with Gasteiger partial charge >= 0.3 is 0 Å². The van der Waals surface area contributed by atoms with Crippen LogP contribution in [0.15, 0.2) is 41.4 Å². The van der Waals surface area contributed by atoms with Gasteiger partial charge in [0.05, 0.1) is 22.9 Å². The normalized spacial score (nSPS) is 18.6. The first-order chi connectivity index (χ1) is 17.3. The summed E-state index contributed by atoms with van der Waals surface area (Å²) in [6, 6.07) is 9.17. The standard InChI is InChI=1S/C29H30N4OS/c1-3-24-17-32(10-11-33(24)9-1)16-21-7-8-26-22(13-21)15-27-28(30-31-29(26)27)23-14-25(35-19-23)4-2-12-34-18-20-5-6-20/h3,7-8,13-14,19-20H,1,5-6,9-12,15-18H2,(H,30,31). The molecule has 35 heavy (non-hydrogen) atoms. The van der Waals surface area contributed by atoms with E-state index in [2.05, 4.69) is 62.5 Å². The second-order valence-electron chi connectivity index (χ2n) is 10.2. The van der Waals surface area contributed by atoms with Gasteiger partial charge < -0.3 is 9.64 Å². The molecule has 2 aromatic heterocycles. The number of rotatable bonds is 6. The monoisotopic (exact) mass is 482 g/mol. The Morgan fingerprint density at radius 2 is 2.14 bits per heavy atom.